The summed E-state index contributed by atoms with van der Waals surface area (Å²) in [4.78, 5) is 67.6. The minimum absolute atomic E-state index is 0.355. The molecule has 69 heavy (non-hydrogen) atoms. The molecular formula is C60H50N2O4S2Si. The van der Waals surface area contributed by atoms with Crippen LogP contribution in [0.2, 0.25) is 13.1 Å². The van der Waals surface area contributed by atoms with E-state index in [4.69, 9.17) is 0 Å². The number of carbonyl (C=O) groups is 4. The van der Waals surface area contributed by atoms with E-state index in [9.17, 15) is 14.4 Å². The molecule has 12 rings (SSSR count). The Balaban J connectivity index is 1.15. The zero-order valence-corrected chi connectivity index (χ0v) is 43.6. The van der Waals surface area contributed by atoms with E-state index in [1.54, 1.807) is 11.3 Å². The van der Waals surface area contributed by atoms with E-state index in [-0.39, 0.29) is 23.6 Å². The maximum absolute atomic E-state index is 15.3. The van der Waals surface area contributed by atoms with Crippen LogP contribution in [0.4, 0.5) is 11.4 Å². The van der Waals surface area contributed by atoms with Gasteiger partial charge in [-0.25, -0.2) is 9.80 Å². The Morgan fingerprint density at radius 1 is 0.377 bits per heavy atom. The highest BCUT2D eigenvalue weighted by molar-refractivity contribution is 7.23. The van der Waals surface area contributed by atoms with Gasteiger partial charge in [0.2, 0.25) is 0 Å². The normalized spacial score (nSPS) is 15.9. The van der Waals surface area contributed by atoms with Gasteiger partial charge in [0, 0.05) is 58.1 Å². The van der Waals surface area contributed by atoms with Gasteiger partial charge in [-0.1, -0.05) is 25.2 Å². The third-order valence-corrected chi connectivity index (χ3v) is 22.3. The zero-order chi connectivity index (χ0) is 48.6. The molecule has 0 spiro atoms. The lowest BCUT2D eigenvalue weighted by Gasteiger charge is -2.32. The Kier molecular flexibility index (Phi) is 9.22. The molecule has 0 aliphatic carbocycles. The molecular weight excluding hydrogens is 905 g/mol. The molecule has 340 valence electrons. The van der Waals surface area contributed by atoms with E-state index in [2.05, 4.69) is 72.0 Å². The predicted molar refractivity (Wildman–Crippen MR) is 291 cm³/mol. The number of imide groups is 2. The topological polar surface area (TPSA) is 74.8 Å². The second kappa shape index (κ2) is 14.6. The average Bonchev–Trinajstić information content (AvgIpc) is 4.00. The number of anilines is 2. The average molecular weight is 955 g/mol. The minimum Gasteiger partial charge on any atom is -0.268 e. The Hall–Kier alpha value is -6.78. The summed E-state index contributed by atoms with van der Waals surface area (Å²) in [6.45, 7) is 25.8. The minimum atomic E-state index is -2.18. The van der Waals surface area contributed by atoms with Crippen molar-refractivity contribution in [2.75, 3.05) is 9.80 Å². The molecule has 0 unspecified atom stereocenters. The van der Waals surface area contributed by atoms with Crippen LogP contribution in [0.3, 0.4) is 0 Å². The van der Waals surface area contributed by atoms with Crippen LogP contribution in [0.15, 0.2) is 96.1 Å². The van der Waals surface area contributed by atoms with Gasteiger partial charge in [-0.2, -0.15) is 0 Å². The summed E-state index contributed by atoms with van der Waals surface area (Å²) in [5, 5.41) is 9.41. The van der Waals surface area contributed by atoms with Gasteiger partial charge >= 0.3 is 0 Å². The number of hydrogen-bond donors (Lipinski definition) is 0. The largest absolute Gasteiger partial charge is 0.268 e. The Morgan fingerprint density at radius 2 is 0.797 bits per heavy atom. The van der Waals surface area contributed by atoms with Crippen molar-refractivity contribution in [1.29, 1.82) is 0 Å². The number of thiophene rings is 2. The first-order valence-corrected chi connectivity index (χ1v) is 28.2. The molecule has 5 heterocycles. The number of aryl methyl sites for hydroxylation is 6. The van der Waals surface area contributed by atoms with E-state index >= 15 is 4.79 Å². The third-order valence-electron chi connectivity index (χ3n) is 16.0. The van der Waals surface area contributed by atoms with Gasteiger partial charge < -0.3 is 0 Å². The summed E-state index contributed by atoms with van der Waals surface area (Å²) in [6.07, 6.45) is 0. The molecule has 0 atom stereocenters. The molecule has 4 amide bonds. The fraction of sp³-hybridized carbons (Fsp3) is 0.200. The molecule has 9 heteroatoms. The number of benzene rings is 7. The van der Waals surface area contributed by atoms with Crippen molar-refractivity contribution < 1.29 is 19.2 Å². The van der Waals surface area contributed by atoms with E-state index in [1.807, 2.05) is 107 Å². The van der Waals surface area contributed by atoms with Crippen LogP contribution in [-0.4, -0.2) is 31.7 Å². The first kappa shape index (κ1) is 43.5. The molecule has 2 aromatic heterocycles. The highest BCUT2D eigenvalue weighted by Gasteiger charge is 2.43. The van der Waals surface area contributed by atoms with Crippen molar-refractivity contribution in [2.45, 2.75) is 82.3 Å². The first-order valence-electron chi connectivity index (χ1n) is 23.6. The number of nitrogens with zero attached hydrogens (tertiary/aromatic N) is 2. The van der Waals surface area contributed by atoms with Gasteiger partial charge in [0.05, 0.1) is 11.4 Å². The fourth-order valence-electron chi connectivity index (χ4n) is 12.2. The van der Waals surface area contributed by atoms with Gasteiger partial charge in [0.1, 0.15) is 8.07 Å². The lowest BCUT2D eigenvalue weighted by atomic mass is 9.79. The number of allylic oxidation sites excluding steroid dienone is 2. The summed E-state index contributed by atoms with van der Waals surface area (Å²) >= 11 is 3.62. The summed E-state index contributed by atoms with van der Waals surface area (Å²) in [5.41, 5.74) is 13.7. The maximum Gasteiger partial charge on any atom is 0.266 e. The van der Waals surface area contributed by atoms with Crippen molar-refractivity contribution in [3.63, 3.8) is 0 Å². The van der Waals surface area contributed by atoms with E-state index in [0.29, 0.717) is 44.4 Å². The molecule has 9 aromatic rings. The number of amides is 4. The van der Waals surface area contributed by atoms with Crippen LogP contribution < -0.4 is 9.80 Å². The number of hydrogen-bond acceptors (Lipinski definition) is 6. The molecule has 7 aromatic carbocycles. The summed E-state index contributed by atoms with van der Waals surface area (Å²) in [5.74, 6) is -1.44. The van der Waals surface area contributed by atoms with Gasteiger partial charge in [-0.05, 0) is 235 Å². The molecule has 0 bridgehead atoms. The second-order valence-electron chi connectivity index (χ2n) is 20.3. The van der Waals surface area contributed by atoms with E-state index in [0.717, 1.165) is 81.7 Å². The molecule has 0 saturated carbocycles. The monoisotopic (exact) mass is 954 g/mol. The predicted octanol–water partition coefficient (Wildman–Crippen LogP) is 15.6. The van der Waals surface area contributed by atoms with Crippen LogP contribution in [0.1, 0.15) is 109 Å². The summed E-state index contributed by atoms with van der Waals surface area (Å²) in [7, 11) is -2.18. The molecule has 0 radical (unpaired) electrons. The summed E-state index contributed by atoms with van der Waals surface area (Å²) in [6, 6.07) is 28.4. The van der Waals surface area contributed by atoms with Crippen molar-refractivity contribution in [3.8, 4) is 10.4 Å². The van der Waals surface area contributed by atoms with Gasteiger partial charge in [-0.15, -0.1) is 22.7 Å². The quantitative estimate of drug-likeness (QED) is 0.0745. The lowest BCUT2D eigenvalue weighted by Crippen LogP contribution is -2.41. The molecule has 6 nitrogen and oxygen atoms in total. The second-order valence-corrected chi connectivity index (χ2v) is 26.9. The number of rotatable bonds is 5. The summed E-state index contributed by atoms with van der Waals surface area (Å²) < 4.78 is 0. The van der Waals surface area contributed by atoms with E-state index < -0.39 is 8.07 Å². The van der Waals surface area contributed by atoms with Crippen LogP contribution in [-0.2, 0) is 0 Å². The van der Waals surface area contributed by atoms with Crippen molar-refractivity contribution in [3.05, 3.63) is 172 Å². The molecule has 0 N–H and O–H groups in total. The Morgan fingerprint density at radius 3 is 1.29 bits per heavy atom. The first-order chi connectivity index (χ1) is 32.8. The molecule has 0 fully saturated rings. The van der Waals surface area contributed by atoms with Crippen molar-refractivity contribution in [1.82, 2.24) is 0 Å². The SMILES string of the molecule is CC1=C(c2ccc(C)s2)[Si](C)(C)C(c2ccc(-c3cc4c5c(ccc6c7c(C)cc8c9c(ccc(c3c56)c97)C(=O)N(c3cc(C)c(C)c(C)c3)C8=O)C(=O)N(c3cc(C)c(C)c(C)c3)C4=O)s2)=C1C. The molecule has 0 saturated heterocycles. The van der Waals surface area contributed by atoms with Crippen LogP contribution in [0.25, 0.3) is 63.9 Å². The molecule has 3 aliphatic rings. The third kappa shape index (κ3) is 5.75. The molecule has 3 aliphatic heterocycles. The number of carbonyl (C=O) groups excluding carboxylic acids is 4. The highest BCUT2D eigenvalue weighted by atomic mass is 32.1. The van der Waals surface area contributed by atoms with Crippen LogP contribution in [0.5, 0.6) is 0 Å². The van der Waals surface area contributed by atoms with Crippen LogP contribution >= 0.6 is 22.7 Å². The standard InChI is InChI=1S/C60H50N2O4S2Si/c1-27-21-37(22-28(2)33(27)7)61-57(63)41-17-15-40-50-43(46-19-20-48(68-46)56-36(10)35(9)55(69(56,11)12)47-18-13-32(6)67-47)26-45-52-42(58(64)62(60(45)66)38-23-29(3)34(8)30(4)24-38)16-14-39(54(50)52)49-31(5)25-44(59(61)65)51(41)53(40)49/h13-26H,1-12H3. The Labute approximate surface area is 410 Å². The van der Waals surface area contributed by atoms with E-state index in [1.165, 1.54) is 46.0 Å². The van der Waals surface area contributed by atoms with Crippen molar-refractivity contribution in [2.24, 2.45) is 0 Å². The van der Waals surface area contributed by atoms with Gasteiger partial charge in [0.25, 0.3) is 23.6 Å². The smallest absolute Gasteiger partial charge is 0.266 e. The number of fused-ring (bicyclic) bond motifs is 2. The van der Waals surface area contributed by atoms with Crippen LogP contribution in [0, 0.1) is 55.4 Å². The van der Waals surface area contributed by atoms with Gasteiger partial charge in [-0.3, -0.25) is 19.2 Å². The Bertz CT molecular complexity index is 3980. The zero-order valence-electron chi connectivity index (χ0n) is 40.9. The van der Waals surface area contributed by atoms with Gasteiger partial charge in [0.15, 0.2) is 0 Å². The fourth-order valence-corrected chi connectivity index (χ4v) is 19.9. The highest BCUT2D eigenvalue weighted by Crippen LogP contribution is 2.55. The maximum atomic E-state index is 15.3. The van der Waals surface area contributed by atoms with Crippen molar-refractivity contribution >= 4 is 119 Å². The lowest BCUT2D eigenvalue weighted by molar-refractivity contribution is 0.0877.